The third-order valence-corrected chi connectivity index (χ3v) is 4.83. The minimum atomic E-state index is -2.85. The second-order valence-corrected chi connectivity index (χ2v) is 6.49. The number of morpholine rings is 1. The summed E-state index contributed by atoms with van der Waals surface area (Å²) in [5.74, 6) is 0.481. The van der Waals surface area contributed by atoms with Gasteiger partial charge in [-0.15, -0.1) is 0 Å². The molecule has 2 unspecified atom stereocenters. The summed E-state index contributed by atoms with van der Waals surface area (Å²) in [6.07, 6.45) is 1.77. The van der Waals surface area contributed by atoms with Gasteiger partial charge in [-0.05, 0) is 12.8 Å². The summed E-state index contributed by atoms with van der Waals surface area (Å²) >= 11 is 0. The normalized spacial score (nSPS) is 41.6. The SMILES string of the molecule is CCC1CNCC2(CCS(=O)(=O)C2)O1. The van der Waals surface area contributed by atoms with Crippen LogP contribution in [0, 0.1) is 0 Å². The zero-order chi connectivity index (χ0) is 10.2. The first kappa shape index (κ1) is 10.4. The summed E-state index contributed by atoms with van der Waals surface area (Å²) in [5.41, 5.74) is -0.419. The molecule has 0 bridgehead atoms. The second-order valence-electron chi connectivity index (χ2n) is 4.30. The maximum atomic E-state index is 11.4. The Bertz CT molecular complexity index is 314. The summed E-state index contributed by atoms with van der Waals surface area (Å²) in [5, 5.41) is 3.27. The number of rotatable bonds is 1. The maximum Gasteiger partial charge on any atom is 0.153 e. The van der Waals surface area contributed by atoms with Crippen LogP contribution in [-0.2, 0) is 14.6 Å². The highest BCUT2D eigenvalue weighted by atomic mass is 32.2. The molecule has 1 spiro atoms. The third kappa shape index (κ3) is 1.94. The number of nitrogens with one attached hydrogen (secondary N) is 1. The van der Waals surface area contributed by atoms with E-state index in [0.717, 1.165) is 13.0 Å². The van der Waals surface area contributed by atoms with E-state index in [0.29, 0.717) is 13.0 Å². The fourth-order valence-corrected chi connectivity index (χ4v) is 4.19. The number of hydrogen-bond donors (Lipinski definition) is 1. The highest BCUT2D eigenvalue weighted by molar-refractivity contribution is 7.91. The van der Waals surface area contributed by atoms with Gasteiger partial charge in [-0.1, -0.05) is 6.92 Å². The lowest BCUT2D eigenvalue weighted by molar-refractivity contribution is -0.101. The lowest BCUT2D eigenvalue weighted by atomic mass is 10.0. The second kappa shape index (κ2) is 3.47. The minimum Gasteiger partial charge on any atom is -0.368 e. The average Bonchev–Trinajstić information content (AvgIpc) is 2.42. The number of ether oxygens (including phenoxy) is 1. The van der Waals surface area contributed by atoms with Crippen LogP contribution in [0.2, 0.25) is 0 Å². The van der Waals surface area contributed by atoms with Crippen molar-refractivity contribution in [3.05, 3.63) is 0 Å². The van der Waals surface area contributed by atoms with Crippen molar-refractivity contribution in [2.45, 2.75) is 31.5 Å². The van der Waals surface area contributed by atoms with E-state index in [2.05, 4.69) is 12.2 Å². The molecule has 14 heavy (non-hydrogen) atoms. The Balaban J connectivity index is 2.10. The molecule has 4 nitrogen and oxygen atoms in total. The molecule has 2 atom stereocenters. The van der Waals surface area contributed by atoms with Gasteiger partial charge >= 0.3 is 0 Å². The van der Waals surface area contributed by atoms with E-state index in [-0.39, 0.29) is 17.6 Å². The van der Waals surface area contributed by atoms with Gasteiger partial charge in [0.2, 0.25) is 0 Å². The Hall–Kier alpha value is -0.130. The molecule has 0 aromatic carbocycles. The summed E-state index contributed by atoms with van der Waals surface area (Å²) in [4.78, 5) is 0. The van der Waals surface area contributed by atoms with Gasteiger partial charge < -0.3 is 10.1 Å². The molecule has 1 N–H and O–H groups in total. The molecule has 2 saturated heterocycles. The molecule has 2 heterocycles. The van der Waals surface area contributed by atoms with Crippen LogP contribution in [0.1, 0.15) is 19.8 Å². The molecule has 0 aliphatic carbocycles. The summed E-state index contributed by atoms with van der Waals surface area (Å²) < 4.78 is 28.7. The molecule has 0 saturated carbocycles. The molecular weight excluding hydrogens is 202 g/mol. The zero-order valence-corrected chi connectivity index (χ0v) is 9.27. The van der Waals surface area contributed by atoms with Crippen molar-refractivity contribution in [2.24, 2.45) is 0 Å². The first-order chi connectivity index (χ1) is 6.55. The molecule has 2 rings (SSSR count). The van der Waals surface area contributed by atoms with Gasteiger partial charge in [-0.2, -0.15) is 0 Å². The Morgan fingerprint density at radius 1 is 1.57 bits per heavy atom. The van der Waals surface area contributed by atoms with Crippen molar-refractivity contribution in [3.8, 4) is 0 Å². The third-order valence-electron chi connectivity index (χ3n) is 3.04. The van der Waals surface area contributed by atoms with E-state index in [9.17, 15) is 8.42 Å². The average molecular weight is 219 g/mol. The molecule has 2 aliphatic heterocycles. The molecule has 0 radical (unpaired) electrons. The van der Waals surface area contributed by atoms with Crippen LogP contribution in [0.3, 0.4) is 0 Å². The van der Waals surface area contributed by atoms with E-state index in [1.54, 1.807) is 0 Å². The van der Waals surface area contributed by atoms with E-state index in [1.807, 2.05) is 0 Å². The fourth-order valence-electron chi connectivity index (χ4n) is 2.24. The minimum absolute atomic E-state index is 0.178. The first-order valence-electron chi connectivity index (χ1n) is 5.14. The Labute approximate surface area is 84.9 Å². The van der Waals surface area contributed by atoms with Crippen LogP contribution in [0.15, 0.2) is 0 Å². The lowest BCUT2D eigenvalue weighted by Gasteiger charge is -2.38. The van der Waals surface area contributed by atoms with E-state index < -0.39 is 15.4 Å². The van der Waals surface area contributed by atoms with Crippen molar-refractivity contribution in [1.29, 1.82) is 0 Å². The van der Waals surface area contributed by atoms with Gasteiger partial charge in [0.05, 0.1) is 23.2 Å². The summed E-state index contributed by atoms with van der Waals surface area (Å²) in [6, 6.07) is 0. The van der Waals surface area contributed by atoms with Gasteiger partial charge in [-0.3, -0.25) is 0 Å². The standard InChI is InChI=1S/C9H17NO3S/c1-2-8-5-10-6-9(13-8)3-4-14(11,12)7-9/h8,10H,2-7H2,1H3. The molecule has 82 valence electrons. The molecule has 5 heteroatoms. The largest absolute Gasteiger partial charge is 0.368 e. The number of sulfone groups is 1. The first-order valence-corrected chi connectivity index (χ1v) is 6.96. The topological polar surface area (TPSA) is 55.4 Å². The monoisotopic (exact) mass is 219 g/mol. The Morgan fingerprint density at radius 2 is 2.36 bits per heavy atom. The van der Waals surface area contributed by atoms with Crippen molar-refractivity contribution >= 4 is 9.84 Å². The van der Waals surface area contributed by atoms with Crippen molar-refractivity contribution in [1.82, 2.24) is 5.32 Å². The van der Waals surface area contributed by atoms with E-state index >= 15 is 0 Å². The van der Waals surface area contributed by atoms with Crippen molar-refractivity contribution in [3.63, 3.8) is 0 Å². The maximum absolute atomic E-state index is 11.4. The fraction of sp³-hybridized carbons (Fsp3) is 1.00. The predicted octanol–water partition coefficient (Wildman–Crippen LogP) is -0.0579. The zero-order valence-electron chi connectivity index (χ0n) is 8.45. The van der Waals surface area contributed by atoms with Crippen molar-refractivity contribution in [2.75, 3.05) is 24.6 Å². The van der Waals surface area contributed by atoms with Gasteiger partial charge in [0.1, 0.15) is 0 Å². The molecule has 0 amide bonds. The van der Waals surface area contributed by atoms with E-state index in [1.165, 1.54) is 0 Å². The highest BCUT2D eigenvalue weighted by Gasteiger charge is 2.46. The van der Waals surface area contributed by atoms with Gasteiger partial charge in [0.15, 0.2) is 9.84 Å². The Morgan fingerprint density at radius 3 is 2.93 bits per heavy atom. The van der Waals surface area contributed by atoms with Crippen LogP contribution in [0.25, 0.3) is 0 Å². The van der Waals surface area contributed by atoms with Crippen LogP contribution < -0.4 is 5.32 Å². The van der Waals surface area contributed by atoms with Gasteiger partial charge in [0.25, 0.3) is 0 Å². The molecule has 0 aromatic heterocycles. The Kier molecular flexibility index (Phi) is 2.57. The molecular formula is C9H17NO3S. The van der Waals surface area contributed by atoms with Crippen LogP contribution in [0.4, 0.5) is 0 Å². The van der Waals surface area contributed by atoms with Crippen LogP contribution in [0.5, 0.6) is 0 Å². The van der Waals surface area contributed by atoms with E-state index in [4.69, 9.17) is 4.74 Å². The smallest absolute Gasteiger partial charge is 0.153 e. The lowest BCUT2D eigenvalue weighted by Crippen LogP contribution is -2.54. The van der Waals surface area contributed by atoms with Crippen LogP contribution in [-0.4, -0.2) is 44.7 Å². The number of hydrogen-bond acceptors (Lipinski definition) is 4. The van der Waals surface area contributed by atoms with Crippen molar-refractivity contribution < 1.29 is 13.2 Å². The van der Waals surface area contributed by atoms with Gasteiger partial charge in [-0.25, -0.2) is 8.42 Å². The predicted molar refractivity (Wildman–Crippen MR) is 54.0 cm³/mol. The summed E-state index contributed by atoms with van der Waals surface area (Å²) in [6.45, 7) is 3.59. The summed E-state index contributed by atoms with van der Waals surface area (Å²) in [7, 11) is -2.85. The van der Waals surface area contributed by atoms with Gasteiger partial charge in [0, 0.05) is 13.1 Å². The highest BCUT2D eigenvalue weighted by Crippen LogP contribution is 2.30. The van der Waals surface area contributed by atoms with Crippen LogP contribution >= 0.6 is 0 Å². The molecule has 0 aromatic rings. The molecule has 2 fully saturated rings. The quantitative estimate of drug-likeness (QED) is 0.671. The molecule has 2 aliphatic rings.